The summed E-state index contributed by atoms with van der Waals surface area (Å²) in [4.78, 5) is 31.5. The number of Topliss-reactive ketones (excluding diaryl/α,β-unsaturated/α-hetero) is 1. The van der Waals surface area contributed by atoms with Crippen LogP contribution in [0.2, 0.25) is 5.02 Å². The molecule has 8 nitrogen and oxygen atoms in total. The van der Waals surface area contributed by atoms with Gasteiger partial charge in [-0.25, -0.2) is 4.39 Å². The molecule has 1 fully saturated rings. The molecule has 10 heteroatoms. The number of rotatable bonds is 6. The zero-order valence-corrected chi connectivity index (χ0v) is 18.0. The monoisotopic (exact) mass is 458 g/mol. The molecule has 166 valence electrons. The van der Waals surface area contributed by atoms with Gasteiger partial charge >= 0.3 is 6.08 Å². The van der Waals surface area contributed by atoms with Gasteiger partial charge in [0.25, 0.3) is 5.91 Å². The maximum absolute atomic E-state index is 14.4. The van der Waals surface area contributed by atoms with Crippen molar-refractivity contribution in [1.29, 1.82) is 0 Å². The van der Waals surface area contributed by atoms with Crippen LogP contribution in [0.4, 0.5) is 10.1 Å². The Hall–Kier alpha value is -3.46. The van der Waals surface area contributed by atoms with Crippen LogP contribution in [0, 0.1) is 5.82 Å². The fourth-order valence-corrected chi connectivity index (χ4v) is 3.63. The van der Waals surface area contributed by atoms with Gasteiger partial charge in [-0.15, -0.1) is 0 Å². The highest BCUT2D eigenvalue weighted by Crippen LogP contribution is 2.26. The lowest BCUT2D eigenvalue weighted by atomic mass is 10.1. The minimum Gasteiger partial charge on any atom is -0.439 e. The van der Waals surface area contributed by atoms with Gasteiger partial charge in [0.15, 0.2) is 12.4 Å². The molecular formula is C22H20ClFN4O4. The van der Waals surface area contributed by atoms with Crippen LogP contribution in [0.15, 0.2) is 47.0 Å². The molecule has 0 saturated carbocycles. The van der Waals surface area contributed by atoms with E-state index in [1.165, 1.54) is 13.0 Å². The van der Waals surface area contributed by atoms with Crippen LogP contribution in [0.5, 0.6) is 6.08 Å². The average Bonchev–Trinajstić information content (AvgIpc) is 3.26. The Bertz CT molecular complexity index is 1140. The van der Waals surface area contributed by atoms with Crippen LogP contribution >= 0.6 is 11.6 Å². The highest BCUT2D eigenvalue weighted by atomic mass is 35.5. The molecule has 0 aliphatic carbocycles. The first-order valence-corrected chi connectivity index (χ1v) is 10.3. The van der Waals surface area contributed by atoms with E-state index in [1.54, 1.807) is 41.3 Å². The van der Waals surface area contributed by atoms with Crippen molar-refractivity contribution in [2.45, 2.75) is 6.92 Å². The van der Waals surface area contributed by atoms with Gasteiger partial charge in [0.05, 0.1) is 10.7 Å². The van der Waals surface area contributed by atoms with E-state index in [-0.39, 0.29) is 30.2 Å². The standard InChI is InChI=1S/C22H20ClFN4O4/c1-14(29)15-6-7-19(18(24)12-15)27-8-10-28(11-9-27)20(30)13-31-22-25-21(26-32-22)16-4-2-3-5-17(16)23/h2-7,12H,8-11,13H2,1H3. The summed E-state index contributed by atoms with van der Waals surface area (Å²) < 4.78 is 24.8. The number of amides is 1. The highest BCUT2D eigenvalue weighted by molar-refractivity contribution is 6.33. The zero-order chi connectivity index (χ0) is 22.7. The second-order valence-corrected chi connectivity index (χ2v) is 7.65. The molecule has 0 radical (unpaired) electrons. The van der Waals surface area contributed by atoms with E-state index in [2.05, 4.69) is 10.1 Å². The number of carbonyl (C=O) groups excluding carboxylic acids is 2. The molecule has 3 aromatic rings. The molecule has 0 N–H and O–H groups in total. The van der Waals surface area contributed by atoms with Crippen molar-refractivity contribution in [3.05, 3.63) is 58.9 Å². The number of carbonyl (C=O) groups is 2. The van der Waals surface area contributed by atoms with Gasteiger partial charge < -0.3 is 14.5 Å². The van der Waals surface area contributed by atoms with Crippen molar-refractivity contribution in [3.63, 3.8) is 0 Å². The van der Waals surface area contributed by atoms with Crippen LogP contribution < -0.4 is 9.64 Å². The lowest BCUT2D eigenvalue weighted by molar-refractivity contribution is -0.134. The quantitative estimate of drug-likeness (QED) is 0.522. The third kappa shape index (κ3) is 4.72. The Morgan fingerprint density at radius 3 is 2.59 bits per heavy atom. The van der Waals surface area contributed by atoms with E-state index >= 15 is 0 Å². The number of hydrogen-bond donors (Lipinski definition) is 0. The minimum absolute atomic E-state index is 0.125. The summed E-state index contributed by atoms with van der Waals surface area (Å²) in [7, 11) is 0. The zero-order valence-electron chi connectivity index (χ0n) is 17.3. The molecule has 0 spiro atoms. The summed E-state index contributed by atoms with van der Waals surface area (Å²) >= 11 is 6.12. The first kappa shape index (κ1) is 21.8. The fraction of sp³-hybridized carbons (Fsp3) is 0.273. The largest absolute Gasteiger partial charge is 0.439 e. The number of ketones is 1. The van der Waals surface area contributed by atoms with E-state index in [0.717, 1.165) is 0 Å². The molecule has 0 bridgehead atoms. The van der Waals surface area contributed by atoms with Gasteiger partial charge in [0.2, 0.25) is 5.82 Å². The number of hydrogen-bond acceptors (Lipinski definition) is 7. The predicted octanol–water partition coefficient (Wildman–Crippen LogP) is 3.46. The number of ether oxygens (including phenoxy) is 1. The number of piperazine rings is 1. The average molecular weight is 459 g/mol. The van der Waals surface area contributed by atoms with Gasteiger partial charge in [-0.05, 0) is 37.3 Å². The maximum atomic E-state index is 14.4. The lowest BCUT2D eigenvalue weighted by Gasteiger charge is -2.36. The van der Waals surface area contributed by atoms with Crippen LogP contribution in [0.25, 0.3) is 11.4 Å². The van der Waals surface area contributed by atoms with Gasteiger partial charge in [0, 0.05) is 37.3 Å². The molecule has 2 heterocycles. The van der Waals surface area contributed by atoms with Crippen molar-refractivity contribution in [2.24, 2.45) is 0 Å². The van der Waals surface area contributed by atoms with Crippen molar-refractivity contribution >= 4 is 29.0 Å². The molecule has 1 aliphatic rings. The topological polar surface area (TPSA) is 88.8 Å². The van der Waals surface area contributed by atoms with Crippen molar-refractivity contribution in [2.75, 3.05) is 37.7 Å². The molecule has 0 atom stereocenters. The SMILES string of the molecule is CC(=O)c1ccc(N2CCN(C(=O)COc3nc(-c4ccccc4Cl)no3)CC2)c(F)c1. The summed E-state index contributed by atoms with van der Waals surface area (Å²) in [6.45, 7) is 2.87. The fourth-order valence-electron chi connectivity index (χ4n) is 3.41. The molecule has 1 saturated heterocycles. The van der Waals surface area contributed by atoms with Gasteiger partial charge in [-0.3, -0.25) is 14.1 Å². The lowest BCUT2D eigenvalue weighted by Crippen LogP contribution is -2.50. The summed E-state index contributed by atoms with van der Waals surface area (Å²) in [5, 5.41) is 4.30. The first-order valence-electron chi connectivity index (χ1n) is 9.97. The first-order chi connectivity index (χ1) is 15.4. The third-order valence-corrected chi connectivity index (χ3v) is 5.50. The van der Waals surface area contributed by atoms with E-state index in [0.29, 0.717) is 48.0 Å². The Kier molecular flexibility index (Phi) is 6.36. The van der Waals surface area contributed by atoms with E-state index in [9.17, 15) is 14.0 Å². The van der Waals surface area contributed by atoms with Crippen LogP contribution in [-0.2, 0) is 4.79 Å². The Morgan fingerprint density at radius 2 is 1.91 bits per heavy atom. The Labute approximate surface area is 188 Å². The normalized spacial score (nSPS) is 13.8. The number of anilines is 1. The van der Waals surface area contributed by atoms with E-state index in [4.69, 9.17) is 20.9 Å². The molecule has 2 aromatic carbocycles. The number of benzene rings is 2. The third-order valence-electron chi connectivity index (χ3n) is 5.17. The summed E-state index contributed by atoms with van der Waals surface area (Å²) in [5.41, 5.74) is 1.34. The van der Waals surface area contributed by atoms with Crippen molar-refractivity contribution in [1.82, 2.24) is 15.0 Å². The van der Waals surface area contributed by atoms with E-state index < -0.39 is 5.82 Å². The van der Waals surface area contributed by atoms with Crippen LogP contribution in [0.3, 0.4) is 0 Å². The second-order valence-electron chi connectivity index (χ2n) is 7.24. The smallest absolute Gasteiger partial charge is 0.418 e. The molecule has 1 aliphatic heterocycles. The highest BCUT2D eigenvalue weighted by Gasteiger charge is 2.24. The van der Waals surface area contributed by atoms with Crippen LogP contribution in [0.1, 0.15) is 17.3 Å². The summed E-state index contributed by atoms with van der Waals surface area (Å²) in [6, 6.07) is 11.5. The molecule has 1 aromatic heterocycles. The maximum Gasteiger partial charge on any atom is 0.418 e. The summed E-state index contributed by atoms with van der Waals surface area (Å²) in [5.74, 6) is -0.614. The number of nitrogens with zero attached hydrogens (tertiary/aromatic N) is 4. The molecule has 1 amide bonds. The molecule has 4 rings (SSSR count). The molecule has 32 heavy (non-hydrogen) atoms. The Balaban J connectivity index is 1.30. The second kappa shape index (κ2) is 9.35. The molecular weight excluding hydrogens is 439 g/mol. The van der Waals surface area contributed by atoms with Crippen LogP contribution in [-0.4, -0.2) is 59.5 Å². The van der Waals surface area contributed by atoms with Gasteiger partial charge in [-0.1, -0.05) is 28.9 Å². The minimum atomic E-state index is -0.452. The van der Waals surface area contributed by atoms with Crippen molar-refractivity contribution in [3.8, 4) is 17.5 Å². The number of halogens is 2. The van der Waals surface area contributed by atoms with E-state index in [1.807, 2.05) is 4.90 Å². The number of aromatic nitrogens is 2. The Morgan fingerprint density at radius 1 is 1.16 bits per heavy atom. The van der Waals surface area contributed by atoms with Gasteiger partial charge in [-0.2, -0.15) is 4.98 Å². The summed E-state index contributed by atoms with van der Waals surface area (Å²) in [6.07, 6.45) is -0.125. The molecule has 0 unspecified atom stereocenters. The van der Waals surface area contributed by atoms with Gasteiger partial charge in [0.1, 0.15) is 5.82 Å². The van der Waals surface area contributed by atoms with Crippen molar-refractivity contribution < 1.29 is 23.2 Å². The predicted molar refractivity (Wildman–Crippen MR) is 115 cm³/mol.